The first-order chi connectivity index (χ1) is 12.1. The Balaban J connectivity index is 1.80. The van der Waals surface area contributed by atoms with E-state index in [1.165, 1.54) is 11.3 Å². The van der Waals surface area contributed by atoms with Crippen molar-refractivity contribution in [1.82, 2.24) is 10.3 Å². The summed E-state index contributed by atoms with van der Waals surface area (Å²) in [5, 5.41) is 8.66. The van der Waals surface area contributed by atoms with E-state index in [4.69, 9.17) is 9.47 Å². The highest BCUT2D eigenvalue weighted by molar-refractivity contribution is 7.14. The van der Waals surface area contributed by atoms with Crippen LogP contribution in [0.3, 0.4) is 0 Å². The van der Waals surface area contributed by atoms with Crippen molar-refractivity contribution in [3.63, 3.8) is 0 Å². The molecule has 2 heterocycles. The summed E-state index contributed by atoms with van der Waals surface area (Å²) < 4.78 is 11.0. The quantitative estimate of drug-likeness (QED) is 0.857. The molecule has 0 saturated carbocycles. The predicted molar refractivity (Wildman–Crippen MR) is 99.3 cm³/mol. The van der Waals surface area contributed by atoms with Crippen LogP contribution in [-0.4, -0.2) is 43.8 Å². The number of aryl methyl sites for hydroxylation is 1. The summed E-state index contributed by atoms with van der Waals surface area (Å²) in [6.07, 6.45) is 1.30. The zero-order chi connectivity index (χ0) is 17.9. The zero-order valence-corrected chi connectivity index (χ0v) is 15.5. The largest absolute Gasteiger partial charge is 0.496 e. The van der Waals surface area contributed by atoms with E-state index in [-0.39, 0.29) is 5.91 Å². The molecule has 1 aromatic heterocycles. The van der Waals surface area contributed by atoms with Crippen LogP contribution in [0.4, 0.5) is 5.13 Å². The molecule has 0 radical (unpaired) electrons. The molecule has 6 nitrogen and oxygen atoms in total. The summed E-state index contributed by atoms with van der Waals surface area (Å²) in [4.78, 5) is 17.3. The van der Waals surface area contributed by atoms with Crippen LogP contribution in [-0.2, 0) is 9.53 Å². The number of rotatable bonds is 5. The minimum absolute atomic E-state index is 0.131. The van der Waals surface area contributed by atoms with E-state index in [0.717, 1.165) is 35.7 Å². The van der Waals surface area contributed by atoms with Crippen molar-refractivity contribution in [2.45, 2.75) is 25.4 Å². The standard InChI is InChI=1S/C18H23N3O3S/c1-12-4-5-15(23-2)13(10-12)14-11-25-17(20-14)21-16(22)18(24-3)6-8-19-9-7-18/h4-5,10-11,19H,6-9H2,1-3H3,(H,20,21,22). The van der Waals surface area contributed by atoms with Crippen molar-refractivity contribution in [3.8, 4) is 17.0 Å². The van der Waals surface area contributed by atoms with E-state index in [1.807, 2.05) is 30.5 Å². The Morgan fingerprint density at radius 3 is 2.76 bits per heavy atom. The molecule has 3 rings (SSSR count). The maximum Gasteiger partial charge on any atom is 0.258 e. The fourth-order valence-corrected chi connectivity index (χ4v) is 3.75. The van der Waals surface area contributed by atoms with Gasteiger partial charge in [0.25, 0.3) is 5.91 Å². The topological polar surface area (TPSA) is 72.5 Å². The Morgan fingerprint density at radius 2 is 2.08 bits per heavy atom. The molecule has 0 unspecified atom stereocenters. The minimum Gasteiger partial charge on any atom is -0.496 e. The van der Waals surface area contributed by atoms with Crippen LogP contribution in [0.15, 0.2) is 23.6 Å². The van der Waals surface area contributed by atoms with Gasteiger partial charge in [-0.05, 0) is 45.0 Å². The lowest BCUT2D eigenvalue weighted by atomic mass is 9.91. The average Bonchev–Trinajstić information content (AvgIpc) is 3.10. The maximum atomic E-state index is 12.7. The Hall–Kier alpha value is -1.96. The summed E-state index contributed by atoms with van der Waals surface area (Å²) in [7, 11) is 3.23. The number of thiazole rings is 1. The lowest BCUT2D eigenvalue weighted by Crippen LogP contribution is -2.51. The highest BCUT2D eigenvalue weighted by atomic mass is 32.1. The van der Waals surface area contributed by atoms with Crippen molar-refractivity contribution in [2.75, 3.05) is 32.6 Å². The third-order valence-electron chi connectivity index (χ3n) is 4.57. The van der Waals surface area contributed by atoms with Gasteiger partial charge in [0, 0.05) is 18.1 Å². The molecule has 0 spiro atoms. The highest BCUT2D eigenvalue weighted by Gasteiger charge is 2.40. The summed E-state index contributed by atoms with van der Waals surface area (Å²) in [5.41, 5.74) is 2.06. The third kappa shape index (κ3) is 3.68. The monoisotopic (exact) mass is 361 g/mol. The van der Waals surface area contributed by atoms with Crippen LogP contribution < -0.4 is 15.4 Å². The van der Waals surface area contributed by atoms with E-state index in [2.05, 4.69) is 15.6 Å². The van der Waals surface area contributed by atoms with Gasteiger partial charge in [0.05, 0.1) is 12.8 Å². The van der Waals surface area contributed by atoms with Gasteiger partial charge in [-0.25, -0.2) is 4.98 Å². The number of anilines is 1. The number of nitrogens with zero attached hydrogens (tertiary/aromatic N) is 1. The van der Waals surface area contributed by atoms with Gasteiger partial charge in [-0.15, -0.1) is 11.3 Å². The van der Waals surface area contributed by atoms with Crippen molar-refractivity contribution in [2.24, 2.45) is 0 Å². The number of piperidine rings is 1. The number of hydrogen-bond acceptors (Lipinski definition) is 6. The van der Waals surface area contributed by atoms with Gasteiger partial charge in [-0.3, -0.25) is 10.1 Å². The van der Waals surface area contributed by atoms with Crippen molar-refractivity contribution < 1.29 is 14.3 Å². The molecule has 1 aliphatic heterocycles. The highest BCUT2D eigenvalue weighted by Crippen LogP contribution is 2.33. The molecule has 25 heavy (non-hydrogen) atoms. The number of methoxy groups -OCH3 is 2. The average molecular weight is 361 g/mol. The Bertz CT molecular complexity index is 754. The first kappa shape index (κ1) is 17.8. The van der Waals surface area contributed by atoms with E-state index in [1.54, 1.807) is 14.2 Å². The Morgan fingerprint density at radius 1 is 1.32 bits per heavy atom. The SMILES string of the molecule is COc1ccc(C)cc1-c1csc(NC(=O)C2(OC)CCNCC2)n1. The molecule has 0 aliphatic carbocycles. The predicted octanol–water partition coefficient (Wildman–Crippen LogP) is 2.83. The van der Waals surface area contributed by atoms with Crippen LogP contribution in [0, 0.1) is 6.92 Å². The van der Waals surface area contributed by atoms with Crippen LogP contribution in [0.5, 0.6) is 5.75 Å². The smallest absolute Gasteiger partial charge is 0.258 e. The number of benzene rings is 1. The van der Waals surface area contributed by atoms with Gasteiger partial charge in [0.15, 0.2) is 5.13 Å². The molecule has 2 N–H and O–H groups in total. The first-order valence-electron chi connectivity index (χ1n) is 8.26. The lowest BCUT2D eigenvalue weighted by Gasteiger charge is -2.34. The fourth-order valence-electron chi connectivity index (χ4n) is 3.04. The van der Waals surface area contributed by atoms with Gasteiger partial charge in [-0.2, -0.15) is 0 Å². The second-order valence-electron chi connectivity index (χ2n) is 6.14. The number of hydrogen-bond donors (Lipinski definition) is 2. The molecule has 1 fully saturated rings. The number of aromatic nitrogens is 1. The number of nitrogens with one attached hydrogen (secondary N) is 2. The third-order valence-corrected chi connectivity index (χ3v) is 5.33. The number of ether oxygens (including phenoxy) is 2. The Labute approximate surface area is 151 Å². The molecule has 2 aromatic rings. The molecule has 134 valence electrons. The second kappa shape index (κ2) is 7.51. The number of amides is 1. The normalized spacial score (nSPS) is 16.4. The molecule has 1 saturated heterocycles. The second-order valence-corrected chi connectivity index (χ2v) is 7.00. The van der Waals surface area contributed by atoms with Crippen molar-refractivity contribution in [1.29, 1.82) is 0 Å². The fraction of sp³-hybridized carbons (Fsp3) is 0.444. The number of carbonyl (C=O) groups is 1. The molecular weight excluding hydrogens is 338 g/mol. The van der Waals surface area contributed by atoms with Crippen LogP contribution in [0.2, 0.25) is 0 Å². The Kier molecular flexibility index (Phi) is 5.36. The minimum atomic E-state index is -0.780. The summed E-state index contributed by atoms with van der Waals surface area (Å²) in [6, 6.07) is 5.96. The van der Waals surface area contributed by atoms with Gasteiger partial charge in [-0.1, -0.05) is 11.6 Å². The lowest BCUT2D eigenvalue weighted by molar-refractivity contribution is -0.140. The molecule has 1 aromatic carbocycles. The summed E-state index contributed by atoms with van der Waals surface area (Å²) in [6.45, 7) is 3.56. The molecule has 0 atom stereocenters. The van der Waals surface area contributed by atoms with Gasteiger partial charge < -0.3 is 14.8 Å². The van der Waals surface area contributed by atoms with Crippen LogP contribution in [0.1, 0.15) is 18.4 Å². The van der Waals surface area contributed by atoms with Crippen molar-refractivity contribution >= 4 is 22.4 Å². The van der Waals surface area contributed by atoms with E-state index < -0.39 is 5.60 Å². The van der Waals surface area contributed by atoms with E-state index >= 15 is 0 Å². The number of carbonyl (C=O) groups excluding carboxylic acids is 1. The van der Waals surface area contributed by atoms with E-state index in [9.17, 15) is 4.79 Å². The van der Waals surface area contributed by atoms with Crippen molar-refractivity contribution in [3.05, 3.63) is 29.1 Å². The van der Waals surface area contributed by atoms with Gasteiger partial charge >= 0.3 is 0 Å². The van der Waals surface area contributed by atoms with Gasteiger partial charge in [0.1, 0.15) is 11.4 Å². The summed E-state index contributed by atoms with van der Waals surface area (Å²) >= 11 is 1.40. The van der Waals surface area contributed by atoms with Crippen LogP contribution >= 0.6 is 11.3 Å². The first-order valence-corrected chi connectivity index (χ1v) is 9.14. The molecule has 7 heteroatoms. The van der Waals surface area contributed by atoms with Crippen LogP contribution in [0.25, 0.3) is 11.3 Å². The molecular formula is C18H23N3O3S. The maximum absolute atomic E-state index is 12.7. The molecule has 0 bridgehead atoms. The molecule has 1 amide bonds. The molecule has 1 aliphatic rings. The summed E-state index contributed by atoms with van der Waals surface area (Å²) in [5.74, 6) is 0.633. The zero-order valence-electron chi connectivity index (χ0n) is 14.7. The van der Waals surface area contributed by atoms with Gasteiger partial charge in [0.2, 0.25) is 0 Å². The van der Waals surface area contributed by atoms with E-state index in [0.29, 0.717) is 18.0 Å².